The van der Waals surface area contributed by atoms with E-state index in [1.165, 1.54) is 12.1 Å². The summed E-state index contributed by atoms with van der Waals surface area (Å²) in [7, 11) is 1.63. The first-order valence-electron chi connectivity index (χ1n) is 12.1. The van der Waals surface area contributed by atoms with E-state index in [-0.39, 0.29) is 19.0 Å². The number of halogens is 1. The molecule has 4 rings (SSSR count). The Hall–Kier alpha value is -3.14. The molecule has 1 aromatic heterocycles. The summed E-state index contributed by atoms with van der Waals surface area (Å²) >= 11 is 0. The first-order chi connectivity index (χ1) is 17.4. The van der Waals surface area contributed by atoms with Crippen molar-refractivity contribution in [2.24, 2.45) is 0 Å². The first-order valence-corrected chi connectivity index (χ1v) is 12.1. The van der Waals surface area contributed by atoms with Crippen LogP contribution < -0.4 is 14.2 Å². The van der Waals surface area contributed by atoms with Gasteiger partial charge in [-0.05, 0) is 54.4 Å². The van der Waals surface area contributed by atoms with Gasteiger partial charge >= 0.3 is 0 Å². The van der Waals surface area contributed by atoms with Crippen molar-refractivity contribution >= 4 is 0 Å². The van der Waals surface area contributed by atoms with Crippen LogP contribution in [0.1, 0.15) is 17.5 Å². The lowest BCUT2D eigenvalue weighted by atomic mass is 10.1. The van der Waals surface area contributed by atoms with Crippen molar-refractivity contribution in [2.45, 2.75) is 32.0 Å². The zero-order valence-corrected chi connectivity index (χ0v) is 20.9. The van der Waals surface area contributed by atoms with E-state index in [4.69, 9.17) is 18.9 Å². The van der Waals surface area contributed by atoms with Gasteiger partial charge in [0.2, 0.25) is 0 Å². The van der Waals surface area contributed by atoms with Crippen LogP contribution in [0.4, 0.5) is 4.39 Å². The third-order valence-corrected chi connectivity index (χ3v) is 5.95. The van der Waals surface area contributed by atoms with Crippen LogP contribution in [0.15, 0.2) is 54.9 Å². The lowest BCUT2D eigenvalue weighted by Crippen LogP contribution is -2.48. The highest BCUT2D eigenvalue weighted by molar-refractivity contribution is 5.43. The fourth-order valence-electron chi connectivity index (χ4n) is 4.16. The third kappa shape index (κ3) is 7.43. The van der Waals surface area contributed by atoms with Crippen LogP contribution in [0.25, 0.3) is 0 Å². The minimum absolute atomic E-state index is 0.0435. The zero-order valence-electron chi connectivity index (χ0n) is 20.9. The van der Waals surface area contributed by atoms with Gasteiger partial charge in [-0.1, -0.05) is 6.07 Å². The van der Waals surface area contributed by atoms with E-state index in [0.717, 1.165) is 24.1 Å². The molecule has 0 saturated carbocycles. The third-order valence-electron chi connectivity index (χ3n) is 5.95. The minimum Gasteiger partial charge on any atom is -0.493 e. The molecule has 9 heteroatoms. The molecule has 2 aromatic carbocycles. The Balaban J connectivity index is 1.34. The van der Waals surface area contributed by atoms with Crippen molar-refractivity contribution in [3.8, 4) is 17.2 Å². The van der Waals surface area contributed by atoms with Crippen molar-refractivity contribution < 1.29 is 28.4 Å². The molecular formula is C27H34FN3O5. The second-order valence-corrected chi connectivity index (χ2v) is 9.20. The molecule has 0 spiro atoms. The molecule has 1 N–H and O–H groups in total. The molecule has 0 radical (unpaired) electrons. The summed E-state index contributed by atoms with van der Waals surface area (Å²) in [6.07, 6.45) is 4.67. The largest absolute Gasteiger partial charge is 0.493 e. The Bertz CT molecular complexity index is 1110. The van der Waals surface area contributed by atoms with Crippen molar-refractivity contribution in [1.82, 2.24) is 14.7 Å². The molecule has 1 fully saturated rings. The number of aryl methyl sites for hydroxylation is 2. The predicted molar refractivity (Wildman–Crippen MR) is 133 cm³/mol. The summed E-state index contributed by atoms with van der Waals surface area (Å²) < 4.78 is 38.0. The van der Waals surface area contributed by atoms with Gasteiger partial charge in [0.05, 0.1) is 33.1 Å². The lowest BCUT2D eigenvalue weighted by Gasteiger charge is -2.30. The minimum atomic E-state index is -1.19. The van der Waals surface area contributed by atoms with Crippen LogP contribution >= 0.6 is 0 Å². The Morgan fingerprint density at radius 3 is 2.72 bits per heavy atom. The van der Waals surface area contributed by atoms with E-state index in [0.29, 0.717) is 50.1 Å². The number of nitrogens with zero attached hydrogens (tertiary/aromatic N) is 3. The van der Waals surface area contributed by atoms with Gasteiger partial charge in [-0.2, -0.15) is 5.10 Å². The van der Waals surface area contributed by atoms with Gasteiger partial charge in [-0.3, -0.25) is 9.58 Å². The number of ether oxygens (including phenoxy) is 4. The van der Waals surface area contributed by atoms with Crippen molar-refractivity contribution in [1.29, 1.82) is 0 Å². The maximum absolute atomic E-state index is 13.2. The Labute approximate surface area is 211 Å². The topological polar surface area (TPSA) is 78.2 Å². The van der Waals surface area contributed by atoms with Crippen LogP contribution in [0, 0.1) is 12.7 Å². The van der Waals surface area contributed by atoms with Gasteiger partial charge in [-0.15, -0.1) is 0 Å². The fraction of sp³-hybridized carbons (Fsp3) is 0.444. The smallest absolute Gasteiger partial charge is 0.161 e. The molecule has 8 nitrogen and oxygen atoms in total. The molecule has 36 heavy (non-hydrogen) atoms. The quantitative estimate of drug-likeness (QED) is 0.405. The summed E-state index contributed by atoms with van der Waals surface area (Å²) in [6, 6.07) is 11.6. The average Bonchev–Trinajstić information content (AvgIpc) is 3.19. The number of β-amino-alcohol motifs (C(OH)–C–C–N with tert-alkyl or cyclic N) is 1. The molecule has 0 unspecified atom stereocenters. The molecule has 194 valence electrons. The summed E-state index contributed by atoms with van der Waals surface area (Å²) in [5.74, 6) is 1.53. The summed E-state index contributed by atoms with van der Waals surface area (Å²) in [4.78, 5) is 2.13. The summed E-state index contributed by atoms with van der Waals surface area (Å²) in [5, 5.41) is 15.5. The lowest BCUT2D eigenvalue weighted by molar-refractivity contribution is -0.0646. The number of benzene rings is 2. The number of hydrogen-bond acceptors (Lipinski definition) is 7. The second-order valence-electron chi connectivity index (χ2n) is 9.20. The van der Waals surface area contributed by atoms with Crippen LogP contribution in [0.5, 0.6) is 17.2 Å². The standard InChI is InChI=1S/C27H34FN3O5/c1-21-15-29-31(16-21)10-3-12-35-26-14-22(4-9-25(26)33-2)17-30-11-13-34-19-27(32,18-30)20-36-24-7-5-23(28)6-8-24/h4-9,14-16,32H,3,10-13,17-20H2,1-2H3/t27-/m1/s1. The van der Waals surface area contributed by atoms with Gasteiger partial charge in [0.15, 0.2) is 11.5 Å². The monoisotopic (exact) mass is 499 g/mol. The molecule has 1 atom stereocenters. The van der Waals surface area contributed by atoms with Crippen LogP contribution in [0.3, 0.4) is 0 Å². The molecule has 0 amide bonds. The molecular weight excluding hydrogens is 465 g/mol. The van der Waals surface area contributed by atoms with E-state index in [2.05, 4.69) is 10.00 Å². The van der Waals surface area contributed by atoms with Gasteiger partial charge in [0.1, 0.15) is 23.8 Å². The van der Waals surface area contributed by atoms with Crippen molar-refractivity contribution in [3.05, 3.63) is 71.8 Å². The van der Waals surface area contributed by atoms with Gasteiger partial charge in [0, 0.05) is 38.8 Å². The molecule has 3 aromatic rings. The van der Waals surface area contributed by atoms with E-state index in [1.807, 2.05) is 42.2 Å². The van der Waals surface area contributed by atoms with Gasteiger partial charge < -0.3 is 24.1 Å². The maximum atomic E-state index is 13.2. The van der Waals surface area contributed by atoms with Crippen molar-refractivity contribution in [2.75, 3.05) is 46.6 Å². The SMILES string of the molecule is COc1ccc(CN2CCOC[C@@](O)(COc3ccc(F)cc3)C2)cc1OCCCn1cc(C)cn1. The second kappa shape index (κ2) is 12.2. The zero-order chi connectivity index (χ0) is 25.4. The fourth-order valence-corrected chi connectivity index (χ4v) is 4.16. The van der Waals surface area contributed by atoms with Crippen molar-refractivity contribution in [3.63, 3.8) is 0 Å². The molecule has 0 aliphatic carbocycles. The number of methoxy groups -OCH3 is 1. The van der Waals surface area contributed by atoms with E-state index >= 15 is 0 Å². The predicted octanol–water partition coefficient (Wildman–Crippen LogP) is 3.45. The van der Waals surface area contributed by atoms with Crippen LogP contribution in [0.2, 0.25) is 0 Å². The Kier molecular flexibility index (Phi) is 8.79. The number of rotatable bonds is 11. The normalized spacial score (nSPS) is 18.6. The number of aromatic nitrogens is 2. The highest BCUT2D eigenvalue weighted by atomic mass is 19.1. The van der Waals surface area contributed by atoms with Gasteiger partial charge in [-0.25, -0.2) is 4.39 Å². The Morgan fingerprint density at radius 2 is 1.97 bits per heavy atom. The summed E-state index contributed by atoms with van der Waals surface area (Å²) in [5.41, 5.74) is 0.983. The maximum Gasteiger partial charge on any atom is 0.161 e. The van der Waals surface area contributed by atoms with Gasteiger partial charge in [0.25, 0.3) is 0 Å². The average molecular weight is 500 g/mol. The van der Waals surface area contributed by atoms with Crippen LogP contribution in [-0.2, 0) is 17.8 Å². The molecule has 1 saturated heterocycles. The molecule has 0 bridgehead atoms. The highest BCUT2D eigenvalue weighted by Gasteiger charge is 2.33. The molecule has 1 aliphatic rings. The number of aliphatic hydroxyl groups is 1. The first kappa shape index (κ1) is 25.9. The summed E-state index contributed by atoms with van der Waals surface area (Å²) in [6.45, 7) is 5.70. The molecule has 1 aliphatic heterocycles. The highest BCUT2D eigenvalue weighted by Crippen LogP contribution is 2.29. The Morgan fingerprint density at radius 1 is 1.14 bits per heavy atom. The molecule has 2 heterocycles. The van der Waals surface area contributed by atoms with Crippen LogP contribution in [-0.4, -0.2) is 72.0 Å². The van der Waals surface area contributed by atoms with E-state index in [9.17, 15) is 9.50 Å². The van der Waals surface area contributed by atoms with E-state index in [1.54, 1.807) is 19.2 Å². The number of hydrogen-bond donors (Lipinski definition) is 1. The van der Waals surface area contributed by atoms with E-state index < -0.39 is 5.60 Å².